The molecular formula is C14H22N6. The average molecular weight is 274 g/mol. The number of hydrogen-bond donors (Lipinski definition) is 2. The summed E-state index contributed by atoms with van der Waals surface area (Å²) in [6.07, 6.45) is 5.76. The number of rotatable bonds is 6. The Morgan fingerprint density at radius 3 is 2.75 bits per heavy atom. The van der Waals surface area contributed by atoms with Crippen LogP contribution in [-0.2, 0) is 13.0 Å². The quantitative estimate of drug-likeness (QED) is 0.787. The van der Waals surface area contributed by atoms with Gasteiger partial charge in [0.05, 0.1) is 11.9 Å². The molecule has 0 fully saturated rings. The summed E-state index contributed by atoms with van der Waals surface area (Å²) in [4.78, 5) is 8.51. The molecule has 6 heteroatoms. The Balaban J connectivity index is 1.89. The van der Waals surface area contributed by atoms with Crippen LogP contribution in [0.1, 0.15) is 30.2 Å². The van der Waals surface area contributed by atoms with Crippen molar-refractivity contribution in [1.82, 2.24) is 19.7 Å². The van der Waals surface area contributed by atoms with Crippen molar-refractivity contribution in [2.45, 2.75) is 40.2 Å². The molecule has 0 aliphatic heterocycles. The third kappa shape index (κ3) is 3.46. The average Bonchev–Trinajstić information content (AvgIpc) is 2.83. The molecule has 2 rings (SSSR count). The molecule has 2 aromatic heterocycles. The van der Waals surface area contributed by atoms with Gasteiger partial charge in [-0.1, -0.05) is 6.92 Å². The Kier molecular flexibility index (Phi) is 4.55. The number of nitrogens with two attached hydrogens (primary N) is 1. The molecule has 0 aliphatic carbocycles. The largest absolute Gasteiger partial charge is 0.370 e. The molecule has 20 heavy (non-hydrogen) atoms. The van der Waals surface area contributed by atoms with Gasteiger partial charge < -0.3 is 11.1 Å². The normalized spacial score (nSPS) is 10.8. The zero-order chi connectivity index (χ0) is 14.5. The molecule has 0 aromatic carbocycles. The summed E-state index contributed by atoms with van der Waals surface area (Å²) < 4.78 is 1.95. The van der Waals surface area contributed by atoms with E-state index in [9.17, 15) is 0 Å². The lowest BCUT2D eigenvalue weighted by Crippen LogP contribution is -2.12. The Morgan fingerprint density at radius 2 is 2.10 bits per heavy atom. The zero-order valence-electron chi connectivity index (χ0n) is 12.3. The monoisotopic (exact) mass is 274 g/mol. The van der Waals surface area contributed by atoms with Crippen molar-refractivity contribution < 1.29 is 0 Å². The molecular weight excluding hydrogens is 252 g/mol. The lowest BCUT2D eigenvalue weighted by molar-refractivity contribution is 0.591. The predicted octanol–water partition coefficient (Wildman–Crippen LogP) is 1.94. The fourth-order valence-electron chi connectivity index (χ4n) is 2.14. The van der Waals surface area contributed by atoms with Crippen LogP contribution in [0.5, 0.6) is 0 Å². The van der Waals surface area contributed by atoms with Crippen LogP contribution in [0.2, 0.25) is 0 Å². The van der Waals surface area contributed by atoms with Gasteiger partial charge in [-0.25, -0.2) is 4.98 Å². The van der Waals surface area contributed by atoms with Crippen LogP contribution in [0, 0.1) is 13.8 Å². The summed E-state index contributed by atoms with van der Waals surface area (Å²) in [5.74, 6) is 1.17. The van der Waals surface area contributed by atoms with Crippen molar-refractivity contribution in [1.29, 1.82) is 0 Å². The van der Waals surface area contributed by atoms with Gasteiger partial charge >= 0.3 is 0 Å². The number of hydrogen-bond acceptors (Lipinski definition) is 5. The molecule has 108 valence electrons. The first-order valence-electron chi connectivity index (χ1n) is 6.96. The molecule has 0 saturated carbocycles. The Labute approximate surface area is 119 Å². The lowest BCUT2D eigenvalue weighted by Gasteiger charge is -2.11. The van der Waals surface area contributed by atoms with Crippen LogP contribution in [0.25, 0.3) is 0 Å². The van der Waals surface area contributed by atoms with Crippen molar-refractivity contribution >= 4 is 11.8 Å². The molecule has 0 saturated heterocycles. The predicted molar refractivity (Wildman–Crippen MR) is 80.6 cm³/mol. The van der Waals surface area contributed by atoms with E-state index in [0.29, 0.717) is 5.95 Å². The van der Waals surface area contributed by atoms with E-state index in [1.54, 1.807) is 0 Å². The van der Waals surface area contributed by atoms with Gasteiger partial charge in [0, 0.05) is 24.8 Å². The lowest BCUT2D eigenvalue weighted by atomic mass is 10.2. The van der Waals surface area contributed by atoms with E-state index in [-0.39, 0.29) is 0 Å². The highest BCUT2D eigenvalue weighted by Gasteiger charge is 2.07. The summed E-state index contributed by atoms with van der Waals surface area (Å²) in [5, 5.41) is 7.60. The van der Waals surface area contributed by atoms with Gasteiger partial charge in [-0.15, -0.1) is 0 Å². The fraction of sp³-hybridized carbons (Fsp3) is 0.500. The van der Waals surface area contributed by atoms with E-state index in [2.05, 4.69) is 27.3 Å². The highest BCUT2D eigenvalue weighted by molar-refractivity contribution is 5.48. The zero-order valence-corrected chi connectivity index (χ0v) is 12.3. The molecule has 3 N–H and O–H groups in total. The third-order valence-electron chi connectivity index (χ3n) is 3.22. The maximum absolute atomic E-state index is 5.73. The van der Waals surface area contributed by atoms with Crippen molar-refractivity contribution in [2.24, 2.45) is 0 Å². The summed E-state index contributed by atoms with van der Waals surface area (Å²) >= 11 is 0. The van der Waals surface area contributed by atoms with E-state index >= 15 is 0 Å². The number of nitrogens with zero attached hydrogens (tertiary/aromatic N) is 4. The fourth-order valence-corrected chi connectivity index (χ4v) is 2.14. The highest BCUT2D eigenvalue weighted by atomic mass is 15.3. The first-order valence-corrected chi connectivity index (χ1v) is 6.96. The van der Waals surface area contributed by atoms with Crippen molar-refractivity contribution in [2.75, 3.05) is 17.6 Å². The Hall–Kier alpha value is -2.11. The second-order valence-corrected chi connectivity index (χ2v) is 4.92. The second-order valence-electron chi connectivity index (χ2n) is 4.92. The standard InChI is InChI=1S/C14H22N6/c1-4-12-11(3)13(19-14(15)18-12)16-6-5-7-20-9-10(2)8-17-20/h8-9H,4-7H2,1-3H3,(H3,15,16,18,19). The maximum atomic E-state index is 5.73. The summed E-state index contributed by atoms with van der Waals surface area (Å²) in [6.45, 7) is 7.86. The van der Waals surface area contributed by atoms with Gasteiger partial charge in [-0.05, 0) is 32.3 Å². The Morgan fingerprint density at radius 1 is 1.30 bits per heavy atom. The van der Waals surface area contributed by atoms with Crippen molar-refractivity contribution in [3.63, 3.8) is 0 Å². The smallest absolute Gasteiger partial charge is 0.222 e. The van der Waals surface area contributed by atoms with E-state index < -0.39 is 0 Å². The first-order chi connectivity index (χ1) is 9.60. The van der Waals surface area contributed by atoms with Gasteiger partial charge in [-0.2, -0.15) is 10.1 Å². The minimum atomic E-state index is 0.331. The van der Waals surface area contributed by atoms with Crippen LogP contribution in [-0.4, -0.2) is 26.3 Å². The number of anilines is 2. The molecule has 6 nitrogen and oxygen atoms in total. The molecule has 0 bridgehead atoms. The van der Waals surface area contributed by atoms with E-state index in [4.69, 9.17) is 5.73 Å². The van der Waals surface area contributed by atoms with Gasteiger partial charge in [0.15, 0.2) is 0 Å². The van der Waals surface area contributed by atoms with Gasteiger partial charge in [0.1, 0.15) is 5.82 Å². The van der Waals surface area contributed by atoms with Crippen molar-refractivity contribution in [3.05, 3.63) is 29.2 Å². The topological polar surface area (TPSA) is 81.6 Å². The van der Waals surface area contributed by atoms with Crippen molar-refractivity contribution in [3.8, 4) is 0 Å². The van der Waals surface area contributed by atoms with Crippen LogP contribution < -0.4 is 11.1 Å². The van der Waals surface area contributed by atoms with Crippen LogP contribution in [0.3, 0.4) is 0 Å². The molecule has 0 radical (unpaired) electrons. The number of aryl methyl sites for hydroxylation is 3. The van der Waals surface area contributed by atoms with Gasteiger partial charge in [0.2, 0.25) is 5.95 Å². The van der Waals surface area contributed by atoms with Crippen LogP contribution in [0.15, 0.2) is 12.4 Å². The van der Waals surface area contributed by atoms with E-state index in [1.165, 1.54) is 5.56 Å². The number of nitrogen functional groups attached to an aromatic ring is 1. The third-order valence-corrected chi connectivity index (χ3v) is 3.22. The molecule has 0 spiro atoms. The SMILES string of the molecule is CCc1nc(N)nc(NCCCn2cc(C)cn2)c1C. The minimum absolute atomic E-state index is 0.331. The maximum Gasteiger partial charge on any atom is 0.222 e. The van der Waals surface area contributed by atoms with Crippen LogP contribution in [0.4, 0.5) is 11.8 Å². The van der Waals surface area contributed by atoms with Gasteiger partial charge in [0.25, 0.3) is 0 Å². The second kappa shape index (κ2) is 6.36. The Bertz CT molecular complexity index is 575. The first kappa shape index (κ1) is 14.3. The van der Waals surface area contributed by atoms with Crippen LogP contribution >= 0.6 is 0 Å². The minimum Gasteiger partial charge on any atom is -0.370 e. The van der Waals surface area contributed by atoms with E-state index in [1.807, 2.05) is 30.9 Å². The summed E-state index contributed by atoms with van der Waals surface area (Å²) in [7, 11) is 0. The number of nitrogens with one attached hydrogen (secondary N) is 1. The molecule has 0 amide bonds. The van der Waals surface area contributed by atoms with E-state index in [0.717, 1.165) is 43.0 Å². The molecule has 2 heterocycles. The summed E-state index contributed by atoms with van der Waals surface area (Å²) in [6, 6.07) is 0. The van der Waals surface area contributed by atoms with Gasteiger partial charge in [-0.3, -0.25) is 4.68 Å². The molecule has 0 aliphatic rings. The molecule has 0 atom stereocenters. The summed E-state index contributed by atoms with van der Waals surface area (Å²) in [5.41, 5.74) is 8.99. The highest BCUT2D eigenvalue weighted by Crippen LogP contribution is 2.16. The molecule has 0 unspecified atom stereocenters. The molecule has 2 aromatic rings. The number of aromatic nitrogens is 4.